The van der Waals surface area contributed by atoms with Crippen molar-refractivity contribution < 1.29 is 0 Å². The van der Waals surface area contributed by atoms with Crippen LogP contribution in [-0.2, 0) is 26.1 Å². The van der Waals surface area contributed by atoms with Gasteiger partial charge in [-0.15, -0.1) is 0 Å². The monoisotopic (exact) mass is 233 g/mol. The van der Waals surface area contributed by atoms with Crippen molar-refractivity contribution in [3.8, 4) is 0 Å². The zero-order chi connectivity index (χ0) is 12.3. The fourth-order valence-corrected chi connectivity index (χ4v) is 1.94. The molecule has 0 atom stereocenters. The van der Waals surface area contributed by atoms with Gasteiger partial charge in [0.15, 0.2) is 0 Å². The van der Waals surface area contributed by atoms with Crippen LogP contribution in [0.5, 0.6) is 0 Å². The normalized spacial score (nSPS) is 11.0. The minimum atomic E-state index is 0.466. The van der Waals surface area contributed by atoms with Crippen molar-refractivity contribution in [2.45, 2.75) is 39.9 Å². The molecule has 0 aliphatic rings. The van der Waals surface area contributed by atoms with E-state index in [1.807, 2.05) is 10.9 Å². The third-order valence-corrected chi connectivity index (χ3v) is 2.89. The maximum Gasteiger partial charge on any atom is 0.122 e. The SMILES string of the molecule is CCc1cc(Cn2ccnc2CN)n(CC)n1. The van der Waals surface area contributed by atoms with Gasteiger partial charge in [-0.2, -0.15) is 5.10 Å². The van der Waals surface area contributed by atoms with Gasteiger partial charge >= 0.3 is 0 Å². The van der Waals surface area contributed by atoms with E-state index < -0.39 is 0 Å². The topological polar surface area (TPSA) is 61.7 Å². The van der Waals surface area contributed by atoms with E-state index in [9.17, 15) is 0 Å². The Morgan fingerprint density at radius 3 is 2.82 bits per heavy atom. The first-order chi connectivity index (χ1) is 8.28. The van der Waals surface area contributed by atoms with Crippen molar-refractivity contribution in [3.63, 3.8) is 0 Å². The standard InChI is InChI=1S/C12H19N5/c1-3-10-7-11(17(4-2)15-10)9-16-6-5-14-12(16)8-13/h5-7H,3-4,8-9,13H2,1-2H3. The summed E-state index contributed by atoms with van der Waals surface area (Å²) in [6.45, 7) is 6.37. The molecule has 0 fully saturated rings. The molecule has 0 aliphatic heterocycles. The van der Waals surface area contributed by atoms with Crippen LogP contribution in [0.25, 0.3) is 0 Å². The number of nitrogens with two attached hydrogens (primary N) is 1. The molecule has 0 unspecified atom stereocenters. The lowest BCUT2D eigenvalue weighted by Gasteiger charge is -2.07. The lowest BCUT2D eigenvalue weighted by Crippen LogP contribution is -2.12. The van der Waals surface area contributed by atoms with Crippen LogP contribution in [0.2, 0.25) is 0 Å². The van der Waals surface area contributed by atoms with E-state index in [0.29, 0.717) is 6.54 Å². The highest BCUT2D eigenvalue weighted by atomic mass is 15.3. The van der Waals surface area contributed by atoms with Gasteiger partial charge in [0, 0.05) is 18.9 Å². The van der Waals surface area contributed by atoms with Crippen molar-refractivity contribution in [1.29, 1.82) is 0 Å². The van der Waals surface area contributed by atoms with Crippen LogP contribution in [0.15, 0.2) is 18.5 Å². The molecule has 0 amide bonds. The highest BCUT2D eigenvalue weighted by Gasteiger charge is 2.08. The van der Waals surface area contributed by atoms with Gasteiger partial charge in [-0.05, 0) is 19.4 Å². The molecule has 0 spiro atoms. The smallest absolute Gasteiger partial charge is 0.122 e. The number of aromatic nitrogens is 4. The van der Waals surface area contributed by atoms with Gasteiger partial charge in [0.05, 0.1) is 24.5 Å². The number of nitrogens with zero attached hydrogens (tertiary/aromatic N) is 4. The molecule has 2 rings (SSSR count). The second-order valence-corrected chi connectivity index (χ2v) is 3.97. The zero-order valence-electron chi connectivity index (χ0n) is 10.4. The summed E-state index contributed by atoms with van der Waals surface area (Å²) in [5.74, 6) is 0.909. The van der Waals surface area contributed by atoms with Crippen molar-refractivity contribution in [1.82, 2.24) is 19.3 Å². The summed E-state index contributed by atoms with van der Waals surface area (Å²) in [5, 5.41) is 4.53. The number of aryl methyl sites for hydroxylation is 2. The highest BCUT2D eigenvalue weighted by molar-refractivity contribution is 5.12. The molecule has 0 bridgehead atoms. The maximum absolute atomic E-state index is 5.64. The summed E-state index contributed by atoms with van der Waals surface area (Å²) in [6.07, 6.45) is 4.71. The Labute approximate surface area is 101 Å². The van der Waals surface area contributed by atoms with Crippen molar-refractivity contribution in [3.05, 3.63) is 35.7 Å². The molecule has 2 heterocycles. The summed E-state index contributed by atoms with van der Waals surface area (Å²) in [5.41, 5.74) is 7.99. The van der Waals surface area contributed by atoms with E-state index in [-0.39, 0.29) is 0 Å². The van der Waals surface area contributed by atoms with Gasteiger partial charge in [0.2, 0.25) is 0 Å². The summed E-state index contributed by atoms with van der Waals surface area (Å²) in [7, 11) is 0. The van der Waals surface area contributed by atoms with Crippen LogP contribution in [0, 0.1) is 0 Å². The minimum absolute atomic E-state index is 0.466. The Kier molecular flexibility index (Phi) is 3.58. The maximum atomic E-state index is 5.64. The summed E-state index contributed by atoms with van der Waals surface area (Å²) >= 11 is 0. The Bertz CT molecular complexity index is 483. The van der Waals surface area contributed by atoms with E-state index in [0.717, 1.165) is 31.0 Å². The van der Waals surface area contributed by atoms with Gasteiger partial charge < -0.3 is 10.3 Å². The average molecular weight is 233 g/mol. The van der Waals surface area contributed by atoms with Crippen LogP contribution in [0.3, 0.4) is 0 Å². The number of imidazole rings is 1. The van der Waals surface area contributed by atoms with Crippen molar-refractivity contribution in [2.75, 3.05) is 0 Å². The Morgan fingerprint density at radius 1 is 1.35 bits per heavy atom. The first-order valence-corrected chi connectivity index (χ1v) is 6.04. The fraction of sp³-hybridized carbons (Fsp3) is 0.500. The fourth-order valence-electron chi connectivity index (χ4n) is 1.94. The molecule has 2 aromatic rings. The van der Waals surface area contributed by atoms with E-state index in [2.05, 4.69) is 34.6 Å². The first-order valence-electron chi connectivity index (χ1n) is 6.04. The third-order valence-electron chi connectivity index (χ3n) is 2.89. The molecule has 0 aliphatic carbocycles. The quantitative estimate of drug-likeness (QED) is 0.843. The summed E-state index contributed by atoms with van der Waals surface area (Å²) < 4.78 is 4.11. The van der Waals surface area contributed by atoms with Crippen LogP contribution in [0.4, 0.5) is 0 Å². The number of hydrogen-bond donors (Lipinski definition) is 1. The molecule has 0 saturated carbocycles. The lowest BCUT2D eigenvalue weighted by molar-refractivity contribution is 0.586. The van der Waals surface area contributed by atoms with Gasteiger partial charge in [-0.25, -0.2) is 4.98 Å². The minimum Gasteiger partial charge on any atom is -0.328 e. The van der Waals surface area contributed by atoms with Gasteiger partial charge in [0.1, 0.15) is 5.82 Å². The summed E-state index contributed by atoms with van der Waals surface area (Å²) in [4.78, 5) is 4.22. The Morgan fingerprint density at radius 2 is 2.18 bits per heavy atom. The molecular formula is C12H19N5. The van der Waals surface area contributed by atoms with Crippen LogP contribution in [-0.4, -0.2) is 19.3 Å². The van der Waals surface area contributed by atoms with Gasteiger partial charge in [-0.1, -0.05) is 6.92 Å². The molecule has 5 nitrogen and oxygen atoms in total. The van der Waals surface area contributed by atoms with Gasteiger partial charge in [0.25, 0.3) is 0 Å². The largest absolute Gasteiger partial charge is 0.328 e. The molecule has 0 saturated heterocycles. The average Bonchev–Trinajstić information content (AvgIpc) is 2.95. The lowest BCUT2D eigenvalue weighted by atomic mass is 10.3. The Hall–Kier alpha value is -1.62. The predicted octanol–water partition coefficient (Wildman–Crippen LogP) is 1.17. The van der Waals surface area contributed by atoms with Crippen LogP contribution >= 0.6 is 0 Å². The number of hydrogen-bond acceptors (Lipinski definition) is 3. The predicted molar refractivity (Wildman–Crippen MR) is 66.5 cm³/mol. The molecule has 0 radical (unpaired) electrons. The summed E-state index contributed by atoms with van der Waals surface area (Å²) in [6, 6.07) is 2.16. The third kappa shape index (κ3) is 2.39. The van der Waals surface area contributed by atoms with E-state index >= 15 is 0 Å². The molecule has 17 heavy (non-hydrogen) atoms. The first kappa shape index (κ1) is 11.9. The molecule has 5 heteroatoms. The van der Waals surface area contributed by atoms with Crippen molar-refractivity contribution >= 4 is 0 Å². The van der Waals surface area contributed by atoms with E-state index in [1.54, 1.807) is 6.20 Å². The van der Waals surface area contributed by atoms with Crippen LogP contribution in [0.1, 0.15) is 31.1 Å². The van der Waals surface area contributed by atoms with E-state index in [1.165, 1.54) is 5.69 Å². The second-order valence-electron chi connectivity index (χ2n) is 3.97. The van der Waals surface area contributed by atoms with Crippen molar-refractivity contribution in [2.24, 2.45) is 5.73 Å². The zero-order valence-corrected chi connectivity index (χ0v) is 10.4. The van der Waals surface area contributed by atoms with E-state index in [4.69, 9.17) is 5.73 Å². The molecule has 0 aromatic carbocycles. The number of rotatable bonds is 5. The van der Waals surface area contributed by atoms with Crippen LogP contribution < -0.4 is 5.73 Å². The second kappa shape index (κ2) is 5.14. The van der Waals surface area contributed by atoms with Gasteiger partial charge in [-0.3, -0.25) is 4.68 Å². The highest BCUT2D eigenvalue weighted by Crippen LogP contribution is 2.09. The molecule has 92 valence electrons. The Balaban J connectivity index is 2.25. The molecule has 2 N–H and O–H groups in total. The molecular weight excluding hydrogens is 214 g/mol. The molecule has 2 aromatic heterocycles.